The van der Waals surface area contributed by atoms with E-state index in [0.717, 1.165) is 21.5 Å². The van der Waals surface area contributed by atoms with Crippen molar-refractivity contribution in [1.29, 1.82) is 0 Å². The van der Waals surface area contributed by atoms with E-state index in [1.165, 1.54) is 0 Å². The Morgan fingerprint density at radius 2 is 0.768 bits per heavy atom. The number of amides is 3. The number of hydrogen-bond donors (Lipinski definition) is 7. The first-order valence-corrected chi connectivity index (χ1v) is 18.6. The fraction of sp³-hybridized carbons (Fsp3) is 0.462. The molecule has 3 aromatic carbocycles. The van der Waals surface area contributed by atoms with E-state index >= 15 is 0 Å². The lowest BCUT2D eigenvalue weighted by Gasteiger charge is -2.23. The summed E-state index contributed by atoms with van der Waals surface area (Å²) in [4.78, 5) is 87.9. The first kappa shape index (κ1) is 44.7. The van der Waals surface area contributed by atoms with E-state index in [0.29, 0.717) is 12.1 Å². The lowest BCUT2D eigenvalue weighted by Crippen LogP contribution is -2.41. The molecule has 0 radical (unpaired) electrons. The lowest BCUT2D eigenvalue weighted by atomic mass is 10.0. The van der Waals surface area contributed by atoms with Gasteiger partial charge in [0.25, 0.3) is 5.91 Å². The second-order valence-corrected chi connectivity index (χ2v) is 13.3. The number of hydrogen-bond acceptors (Lipinski definition) is 10. The molecule has 0 aliphatic heterocycles. The molecular formula is C39H52N6O11. The molecule has 0 saturated carbocycles. The van der Waals surface area contributed by atoms with Crippen LogP contribution in [0.2, 0.25) is 0 Å². The van der Waals surface area contributed by atoms with Crippen LogP contribution in [0.5, 0.6) is 0 Å². The van der Waals surface area contributed by atoms with Crippen molar-refractivity contribution in [3.05, 3.63) is 60.2 Å². The van der Waals surface area contributed by atoms with E-state index in [9.17, 15) is 33.6 Å². The summed E-state index contributed by atoms with van der Waals surface area (Å²) >= 11 is 0. The number of nitrogens with zero attached hydrogens (tertiary/aromatic N) is 3. The summed E-state index contributed by atoms with van der Waals surface area (Å²) in [5, 5.41) is 48.6. The van der Waals surface area contributed by atoms with Crippen LogP contribution in [-0.4, -0.2) is 155 Å². The van der Waals surface area contributed by atoms with Gasteiger partial charge in [0.2, 0.25) is 11.8 Å². The van der Waals surface area contributed by atoms with Crippen molar-refractivity contribution < 1.29 is 54.0 Å². The SMILES string of the molecule is O=C(O)CCN(CCNC(=O)CCN(CCNC(=O)c1ccc2cc3ccccc3cc2c1)CCC(=O)NCCN(CCC(=O)O)CCC(=O)O)CCC(=O)O. The van der Waals surface area contributed by atoms with E-state index in [-0.39, 0.29) is 128 Å². The summed E-state index contributed by atoms with van der Waals surface area (Å²) in [7, 11) is 0. The number of carbonyl (C=O) groups is 7. The first-order valence-electron chi connectivity index (χ1n) is 18.6. The van der Waals surface area contributed by atoms with Gasteiger partial charge in [-0.05, 0) is 45.8 Å². The molecule has 0 heterocycles. The zero-order valence-corrected chi connectivity index (χ0v) is 31.4. The van der Waals surface area contributed by atoms with Gasteiger partial charge < -0.3 is 51.1 Å². The first-order chi connectivity index (χ1) is 26.8. The highest BCUT2D eigenvalue weighted by Crippen LogP contribution is 2.23. The van der Waals surface area contributed by atoms with Crippen molar-refractivity contribution in [2.75, 3.05) is 78.5 Å². The van der Waals surface area contributed by atoms with Crippen LogP contribution >= 0.6 is 0 Å². The molecule has 0 fully saturated rings. The second kappa shape index (κ2) is 24.0. The van der Waals surface area contributed by atoms with E-state index in [4.69, 9.17) is 20.4 Å². The van der Waals surface area contributed by atoms with Crippen LogP contribution in [0.3, 0.4) is 0 Å². The zero-order chi connectivity index (χ0) is 40.9. The third kappa shape index (κ3) is 17.7. The molecule has 17 nitrogen and oxygen atoms in total. The molecule has 0 unspecified atom stereocenters. The molecule has 3 amide bonds. The van der Waals surface area contributed by atoms with Gasteiger partial charge in [0.05, 0.1) is 25.7 Å². The average Bonchev–Trinajstić information content (AvgIpc) is 3.15. The smallest absolute Gasteiger partial charge is 0.304 e. The van der Waals surface area contributed by atoms with Crippen LogP contribution in [0, 0.1) is 0 Å². The number of carboxylic acid groups (broad SMARTS) is 4. The Bertz CT molecular complexity index is 1720. The normalized spacial score (nSPS) is 11.3. The van der Waals surface area contributed by atoms with Crippen molar-refractivity contribution in [3.63, 3.8) is 0 Å². The third-order valence-electron chi connectivity index (χ3n) is 9.06. The second-order valence-electron chi connectivity index (χ2n) is 13.3. The Morgan fingerprint density at radius 1 is 0.411 bits per heavy atom. The van der Waals surface area contributed by atoms with Crippen molar-refractivity contribution in [2.45, 2.75) is 38.5 Å². The Balaban J connectivity index is 1.55. The number of carbonyl (C=O) groups excluding carboxylic acids is 3. The Morgan fingerprint density at radius 3 is 1.18 bits per heavy atom. The van der Waals surface area contributed by atoms with Gasteiger partial charge in [-0.2, -0.15) is 0 Å². The van der Waals surface area contributed by atoms with Crippen LogP contribution in [0.1, 0.15) is 48.9 Å². The van der Waals surface area contributed by atoms with Crippen molar-refractivity contribution in [2.24, 2.45) is 0 Å². The van der Waals surface area contributed by atoms with Crippen molar-refractivity contribution in [3.8, 4) is 0 Å². The third-order valence-corrected chi connectivity index (χ3v) is 9.06. The lowest BCUT2D eigenvalue weighted by molar-refractivity contribution is -0.139. The molecule has 56 heavy (non-hydrogen) atoms. The quantitative estimate of drug-likeness (QED) is 0.0517. The summed E-state index contributed by atoms with van der Waals surface area (Å²) in [6, 6.07) is 17.6. The monoisotopic (exact) mass is 780 g/mol. The molecule has 0 aromatic heterocycles. The topological polar surface area (TPSA) is 246 Å². The molecule has 0 spiro atoms. The molecule has 3 aromatic rings. The predicted molar refractivity (Wildman–Crippen MR) is 207 cm³/mol. The summed E-state index contributed by atoms with van der Waals surface area (Å²) in [6.45, 7) is 2.46. The fourth-order valence-corrected chi connectivity index (χ4v) is 5.94. The summed E-state index contributed by atoms with van der Waals surface area (Å²) in [6.07, 6.45) is -0.561. The molecule has 17 heteroatoms. The molecule has 3 rings (SSSR count). The highest BCUT2D eigenvalue weighted by atomic mass is 16.4. The van der Waals surface area contributed by atoms with Crippen LogP contribution in [0.4, 0.5) is 0 Å². The van der Waals surface area contributed by atoms with Gasteiger partial charge in [-0.15, -0.1) is 0 Å². The van der Waals surface area contributed by atoms with Gasteiger partial charge in [-0.25, -0.2) is 0 Å². The number of aliphatic carboxylic acids is 4. The highest BCUT2D eigenvalue weighted by molar-refractivity contribution is 6.03. The van der Waals surface area contributed by atoms with Crippen LogP contribution in [-0.2, 0) is 28.8 Å². The number of benzene rings is 3. The Labute approximate surface area is 324 Å². The maximum Gasteiger partial charge on any atom is 0.304 e. The molecule has 0 saturated heterocycles. The van der Waals surface area contributed by atoms with E-state index in [1.54, 1.807) is 15.9 Å². The van der Waals surface area contributed by atoms with Crippen LogP contribution in [0.25, 0.3) is 21.5 Å². The molecule has 7 N–H and O–H groups in total. The molecule has 0 bridgehead atoms. The predicted octanol–water partition coefficient (Wildman–Crippen LogP) is 1.54. The highest BCUT2D eigenvalue weighted by Gasteiger charge is 2.15. The number of fused-ring (bicyclic) bond motifs is 2. The summed E-state index contributed by atoms with van der Waals surface area (Å²) < 4.78 is 0. The molecule has 0 atom stereocenters. The number of rotatable bonds is 28. The minimum Gasteiger partial charge on any atom is -0.481 e. The maximum atomic E-state index is 13.2. The van der Waals surface area contributed by atoms with E-state index in [2.05, 4.69) is 22.0 Å². The molecular weight excluding hydrogens is 728 g/mol. The van der Waals surface area contributed by atoms with E-state index in [1.807, 2.05) is 47.4 Å². The number of nitrogens with one attached hydrogen (secondary N) is 3. The van der Waals surface area contributed by atoms with Gasteiger partial charge in [0.15, 0.2) is 0 Å². The van der Waals surface area contributed by atoms with Crippen molar-refractivity contribution >= 4 is 63.1 Å². The fourth-order valence-electron chi connectivity index (χ4n) is 5.94. The van der Waals surface area contributed by atoms with Gasteiger partial charge in [0.1, 0.15) is 0 Å². The van der Waals surface area contributed by atoms with Gasteiger partial charge in [0, 0.05) is 96.9 Å². The average molecular weight is 781 g/mol. The van der Waals surface area contributed by atoms with Crippen LogP contribution < -0.4 is 16.0 Å². The molecule has 304 valence electrons. The van der Waals surface area contributed by atoms with Gasteiger partial charge >= 0.3 is 23.9 Å². The standard InChI is InChI=1S/C39H52N6O11/c46-33(40-13-22-44(18-9-35(48)49)19-10-36(50)51)7-16-43(17-8-34(47)41-14-23-45(20-11-37(52)53)21-12-38(54)55)24-15-42-39(56)31-6-5-30-25-28-3-1-2-4-29(28)26-32(30)27-31/h1-6,25-27H,7-24H2,(H,40,46)(H,41,47)(H,42,56)(H,48,49)(H,50,51)(H,52,53)(H,54,55). The largest absolute Gasteiger partial charge is 0.481 e. The Kier molecular flexibility index (Phi) is 19.2. The van der Waals surface area contributed by atoms with Crippen molar-refractivity contribution in [1.82, 2.24) is 30.7 Å². The minimum atomic E-state index is -1.02. The zero-order valence-electron chi connectivity index (χ0n) is 31.4. The van der Waals surface area contributed by atoms with Gasteiger partial charge in [-0.1, -0.05) is 30.3 Å². The Hall–Kier alpha value is -5.65. The van der Waals surface area contributed by atoms with Crippen LogP contribution in [0.15, 0.2) is 54.6 Å². The summed E-state index contributed by atoms with van der Waals surface area (Å²) in [5.41, 5.74) is 0.486. The van der Waals surface area contributed by atoms with E-state index < -0.39 is 23.9 Å². The maximum absolute atomic E-state index is 13.2. The van der Waals surface area contributed by atoms with Gasteiger partial charge in [-0.3, -0.25) is 33.6 Å². The molecule has 0 aliphatic carbocycles. The summed E-state index contributed by atoms with van der Waals surface area (Å²) in [5.74, 6) is -4.94. The molecule has 0 aliphatic rings. The number of carboxylic acids is 4. The minimum absolute atomic E-state index is 0.0561.